The number of amides is 1. The molecular weight excluding hydrogens is 500 g/mol. The van der Waals surface area contributed by atoms with E-state index in [-0.39, 0.29) is 18.3 Å². The lowest BCUT2D eigenvalue weighted by Gasteiger charge is -2.08. The summed E-state index contributed by atoms with van der Waals surface area (Å²) in [6.07, 6.45) is 6.16. The third kappa shape index (κ3) is 6.74. The normalized spacial score (nSPS) is 11.1. The fourth-order valence-corrected chi connectivity index (χ4v) is 4.12. The predicted octanol–water partition coefficient (Wildman–Crippen LogP) is 6.53. The maximum absolute atomic E-state index is 13.1. The third-order valence-corrected chi connectivity index (χ3v) is 6.07. The van der Waals surface area contributed by atoms with Gasteiger partial charge in [-0.05, 0) is 66.1 Å². The minimum atomic E-state index is -0.283. The Morgan fingerprint density at radius 1 is 1.06 bits per heavy atom. The molecular formula is C28H24Cl2FN3O2. The molecule has 3 aromatic carbocycles. The summed E-state index contributed by atoms with van der Waals surface area (Å²) in [6, 6.07) is 19.1. The molecule has 0 fully saturated rings. The Kier molecular flexibility index (Phi) is 8.41. The molecule has 36 heavy (non-hydrogen) atoms. The number of methoxy groups -OCH3 is 1. The Morgan fingerprint density at radius 3 is 2.50 bits per heavy atom. The molecule has 0 unspecified atom stereocenters. The lowest BCUT2D eigenvalue weighted by molar-refractivity contribution is -0.121. The molecule has 1 aromatic heterocycles. The van der Waals surface area contributed by atoms with Crippen molar-refractivity contribution in [2.45, 2.75) is 13.0 Å². The van der Waals surface area contributed by atoms with E-state index >= 15 is 0 Å². The van der Waals surface area contributed by atoms with Gasteiger partial charge in [0.05, 0.1) is 17.8 Å². The molecule has 1 N–H and O–H groups in total. The van der Waals surface area contributed by atoms with Crippen LogP contribution < -0.4 is 10.1 Å². The molecule has 0 bridgehead atoms. The van der Waals surface area contributed by atoms with Crippen LogP contribution in [0.15, 0.2) is 72.9 Å². The van der Waals surface area contributed by atoms with E-state index in [4.69, 9.17) is 32.9 Å². The highest BCUT2D eigenvalue weighted by molar-refractivity contribution is 6.36. The van der Waals surface area contributed by atoms with Crippen molar-refractivity contribution in [1.82, 2.24) is 14.9 Å². The number of imidazole rings is 1. The summed E-state index contributed by atoms with van der Waals surface area (Å²) < 4.78 is 20.1. The number of nitrogens with zero attached hydrogens (tertiary/aromatic N) is 2. The van der Waals surface area contributed by atoms with Gasteiger partial charge in [0, 0.05) is 23.3 Å². The second-order valence-corrected chi connectivity index (χ2v) is 8.91. The zero-order valence-corrected chi connectivity index (χ0v) is 21.1. The number of ether oxygens (including phenoxy) is 1. The van der Waals surface area contributed by atoms with Crippen LogP contribution in [0.2, 0.25) is 10.0 Å². The van der Waals surface area contributed by atoms with E-state index in [0.717, 1.165) is 22.4 Å². The van der Waals surface area contributed by atoms with E-state index < -0.39 is 0 Å². The zero-order chi connectivity index (χ0) is 25.5. The smallest absolute Gasteiger partial charge is 0.240 e. The summed E-state index contributed by atoms with van der Waals surface area (Å²) in [6.45, 7) is 0.510. The monoisotopic (exact) mass is 523 g/mol. The minimum Gasteiger partial charge on any atom is -0.497 e. The van der Waals surface area contributed by atoms with E-state index in [2.05, 4.69) is 5.32 Å². The van der Waals surface area contributed by atoms with Gasteiger partial charge < -0.3 is 14.6 Å². The highest BCUT2D eigenvalue weighted by Gasteiger charge is 2.13. The van der Waals surface area contributed by atoms with Crippen LogP contribution in [0.25, 0.3) is 23.4 Å². The molecule has 0 saturated carbocycles. The molecule has 0 saturated heterocycles. The van der Waals surface area contributed by atoms with Crippen molar-refractivity contribution < 1.29 is 13.9 Å². The highest BCUT2D eigenvalue weighted by Crippen LogP contribution is 2.30. The number of carbonyl (C=O) groups excluding carboxylic acids is 1. The number of carbonyl (C=O) groups is 1. The van der Waals surface area contributed by atoms with Crippen molar-refractivity contribution >= 4 is 41.3 Å². The molecule has 0 radical (unpaired) electrons. The van der Waals surface area contributed by atoms with Crippen molar-refractivity contribution in [3.63, 3.8) is 0 Å². The van der Waals surface area contributed by atoms with Crippen LogP contribution >= 0.6 is 23.2 Å². The van der Waals surface area contributed by atoms with Gasteiger partial charge in [0.25, 0.3) is 0 Å². The molecule has 0 atom stereocenters. The maximum atomic E-state index is 13.1. The summed E-state index contributed by atoms with van der Waals surface area (Å²) in [5.74, 6) is 0.920. The van der Waals surface area contributed by atoms with Crippen LogP contribution in [0.5, 0.6) is 5.75 Å². The Balaban J connectivity index is 1.52. The van der Waals surface area contributed by atoms with E-state index in [9.17, 15) is 9.18 Å². The molecule has 0 aliphatic carbocycles. The average Bonchev–Trinajstić information content (AvgIpc) is 3.26. The first-order valence-electron chi connectivity index (χ1n) is 11.3. The predicted molar refractivity (Wildman–Crippen MR) is 143 cm³/mol. The maximum Gasteiger partial charge on any atom is 0.240 e. The van der Waals surface area contributed by atoms with Crippen molar-refractivity contribution in [2.75, 3.05) is 13.7 Å². The van der Waals surface area contributed by atoms with Crippen LogP contribution in [0.1, 0.15) is 17.0 Å². The number of aromatic nitrogens is 2. The molecule has 5 nitrogen and oxygen atoms in total. The SMILES string of the molecule is COc1ccc(C=Cc2nc(-c3ccc(Cl)cc3Cl)cn2CC(=O)NCCc2ccc(F)cc2)cc1. The fraction of sp³-hybridized carbons (Fsp3) is 0.143. The van der Waals surface area contributed by atoms with E-state index in [0.29, 0.717) is 34.5 Å². The van der Waals surface area contributed by atoms with Crippen molar-refractivity contribution in [2.24, 2.45) is 0 Å². The van der Waals surface area contributed by atoms with E-state index in [1.165, 1.54) is 12.1 Å². The Morgan fingerprint density at radius 2 is 1.81 bits per heavy atom. The van der Waals surface area contributed by atoms with Crippen molar-refractivity contribution in [3.05, 3.63) is 106 Å². The van der Waals surface area contributed by atoms with Gasteiger partial charge >= 0.3 is 0 Å². The van der Waals surface area contributed by atoms with Crippen molar-refractivity contribution in [1.29, 1.82) is 0 Å². The molecule has 0 aliphatic heterocycles. The van der Waals surface area contributed by atoms with Crippen LogP contribution in [-0.4, -0.2) is 29.1 Å². The standard InChI is InChI=1S/C28H24Cl2FN3O2/c1-36-23-10-4-19(5-11-23)6-13-27-33-26(24-12-7-21(29)16-25(24)30)17-34(27)18-28(35)32-15-14-20-2-8-22(31)9-3-20/h2-13,16-17H,14-15,18H2,1H3,(H,32,35). The Labute approximate surface area is 219 Å². The van der Waals surface area contributed by atoms with Gasteiger partial charge in [-0.25, -0.2) is 9.37 Å². The van der Waals surface area contributed by atoms with E-state index in [1.807, 2.05) is 36.4 Å². The quantitative estimate of drug-likeness (QED) is 0.271. The van der Waals surface area contributed by atoms with Gasteiger partial charge in [-0.15, -0.1) is 0 Å². The number of halogens is 3. The summed E-state index contributed by atoms with van der Waals surface area (Å²) in [7, 11) is 1.62. The molecule has 4 aromatic rings. The van der Waals surface area contributed by atoms with Gasteiger partial charge in [0.1, 0.15) is 23.9 Å². The van der Waals surface area contributed by atoms with Gasteiger partial charge in [0.2, 0.25) is 5.91 Å². The third-order valence-electron chi connectivity index (χ3n) is 5.52. The number of nitrogens with one attached hydrogen (secondary N) is 1. The second kappa shape index (κ2) is 11.9. The lowest BCUT2D eigenvalue weighted by atomic mass is 10.1. The summed E-state index contributed by atoms with van der Waals surface area (Å²) in [5, 5.41) is 3.92. The molecule has 1 heterocycles. The van der Waals surface area contributed by atoms with Crippen LogP contribution in [-0.2, 0) is 17.8 Å². The first kappa shape index (κ1) is 25.5. The molecule has 8 heteroatoms. The topological polar surface area (TPSA) is 56.2 Å². The van der Waals surface area contributed by atoms with Gasteiger partial charge in [0.15, 0.2) is 0 Å². The number of hydrogen-bond donors (Lipinski definition) is 1. The number of benzene rings is 3. The van der Waals surface area contributed by atoms with Crippen LogP contribution in [0, 0.1) is 5.82 Å². The molecule has 0 aliphatic rings. The highest BCUT2D eigenvalue weighted by atomic mass is 35.5. The molecule has 0 spiro atoms. The van der Waals surface area contributed by atoms with Crippen LogP contribution in [0.3, 0.4) is 0 Å². The first-order chi connectivity index (χ1) is 17.4. The van der Waals surface area contributed by atoms with Gasteiger partial charge in [-0.3, -0.25) is 4.79 Å². The molecule has 184 valence electrons. The summed E-state index contributed by atoms with van der Waals surface area (Å²) >= 11 is 12.5. The molecule has 4 rings (SSSR count). The second-order valence-electron chi connectivity index (χ2n) is 8.07. The summed E-state index contributed by atoms with van der Waals surface area (Å²) in [5.41, 5.74) is 3.25. The Bertz CT molecular complexity index is 1370. The van der Waals surface area contributed by atoms with E-state index in [1.54, 1.807) is 48.2 Å². The van der Waals surface area contributed by atoms with Gasteiger partial charge in [-0.2, -0.15) is 0 Å². The average molecular weight is 524 g/mol. The zero-order valence-electron chi connectivity index (χ0n) is 19.5. The Hall–Kier alpha value is -3.61. The minimum absolute atomic E-state index is 0.0733. The number of rotatable bonds is 9. The molecule has 1 amide bonds. The fourth-order valence-electron chi connectivity index (χ4n) is 3.61. The summed E-state index contributed by atoms with van der Waals surface area (Å²) in [4.78, 5) is 17.4. The first-order valence-corrected chi connectivity index (χ1v) is 12.0. The van der Waals surface area contributed by atoms with Crippen LogP contribution in [0.4, 0.5) is 4.39 Å². The number of hydrogen-bond acceptors (Lipinski definition) is 3. The lowest BCUT2D eigenvalue weighted by Crippen LogP contribution is -2.29. The van der Waals surface area contributed by atoms with Gasteiger partial charge in [-0.1, -0.05) is 53.5 Å². The largest absolute Gasteiger partial charge is 0.497 e. The van der Waals surface area contributed by atoms with Crippen molar-refractivity contribution in [3.8, 4) is 17.0 Å².